The highest BCUT2D eigenvalue weighted by Crippen LogP contribution is 2.41. The zero-order valence-electron chi connectivity index (χ0n) is 9.10. The fourth-order valence-electron chi connectivity index (χ4n) is 1.72. The zero-order valence-corrected chi connectivity index (χ0v) is 9.92. The van der Waals surface area contributed by atoms with Gasteiger partial charge in [-0.1, -0.05) is 0 Å². The molecule has 2 aromatic heterocycles. The fourth-order valence-corrected chi connectivity index (χ4v) is 2.62. The maximum Gasteiger partial charge on any atom is 0.148 e. The lowest BCUT2D eigenvalue weighted by Crippen LogP contribution is -2.22. The number of hydrogen-bond acceptors (Lipinski definition) is 4. The average Bonchev–Trinajstić information content (AvgIpc) is 2.90. The molecule has 0 atom stereocenters. The first-order chi connectivity index (χ1) is 7.69. The van der Waals surface area contributed by atoms with E-state index in [0.29, 0.717) is 0 Å². The lowest BCUT2D eigenvalue weighted by molar-refractivity contribution is 0.673. The van der Waals surface area contributed by atoms with Crippen LogP contribution in [0.4, 0.5) is 0 Å². The summed E-state index contributed by atoms with van der Waals surface area (Å²) in [5.41, 5.74) is 8.11. The Morgan fingerprint density at radius 1 is 1.38 bits per heavy atom. The van der Waals surface area contributed by atoms with Crippen LogP contribution in [0.3, 0.4) is 0 Å². The molecule has 0 aromatic carbocycles. The molecule has 82 valence electrons. The van der Waals surface area contributed by atoms with E-state index in [-0.39, 0.29) is 5.54 Å². The normalized spacial score (nSPS) is 17.4. The van der Waals surface area contributed by atoms with Gasteiger partial charge >= 0.3 is 0 Å². The van der Waals surface area contributed by atoms with Gasteiger partial charge in [0, 0.05) is 6.20 Å². The highest BCUT2D eigenvalue weighted by Gasteiger charge is 2.43. The summed E-state index contributed by atoms with van der Waals surface area (Å²) in [4.78, 5) is 10.1. The van der Waals surface area contributed by atoms with Crippen molar-refractivity contribution in [2.45, 2.75) is 25.3 Å². The van der Waals surface area contributed by atoms with Gasteiger partial charge in [-0.15, -0.1) is 11.3 Å². The molecule has 2 N–H and O–H groups in total. The van der Waals surface area contributed by atoms with Gasteiger partial charge in [-0.3, -0.25) is 0 Å². The molecular formula is C12H13N3S. The van der Waals surface area contributed by atoms with Gasteiger partial charge in [0.15, 0.2) is 0 Å². The maximum absolute atomic E-state index is 6.11. The minimum absolute atomic E-state index is 0.249. The Kier molecular flexibility index (Phi) is 2.09. The third kappa shape index (κ3) is 1.54. The Bertz CT molecular complexity index is 529. The minimum Gasteiger partial charge on any atom is -0.319 e. The Hall–Kier alpha value is -1.26. The molecule has 2 heterocycles. The van der Waals surface area contributed by atoms with Crippen molar-refractivity contribution in [2.75, 3.05) is 0 Å². The number of aromatic nitrogens is 2. The molecule has 1 fully saturated rings. The van der Waals surface area contributed by atoms with E-state index in [2.05, 4.69) is 28.3 Å². The summed E-state index contributed by atoms with van der Waals surface area (Å²) in [6.07, 6.45) is 3.81. The van der Waals surface area contributed by atoms with Crippen molar-refractivity contribution >= 4 is 11.3 Å². The summed E-state index contributed by atoms with van der Waals surface area (Å²) in [6.45, 7) is 2.10. The summed E-state index contributed by atoms with van der Waals surface area (Å²) < 4.78 is 0. The largest absolute Gasteiger partial charge is 0.319 e. The molecule has 16 heavy (non-hydrogen) atoms. The van der Waals surface area contributed by atoms with E-state index in [1.54, 1.807) is 11.3 Å². The minimum atomic E-state index is -0.249. The van der Waals surface area contributed by atoms with Gasteiger partial charge in [0.05, 0.1) is 16.1 Å². The van der Waals surface area contributed by atoms with E-state index < -0.39 is 0 Å². The van der Waals surface area contributed by atoms with Crippen molar-refractivity contribution in [3.05, 3.63) is 35.1 Å². The molecule has 4 heteroatoms. The highest BCUT2D eigenvalue weighted by atomic mass is 32.1. The van der Waals surface area contributed by atoms with Gasteiger partial charge in [-0.25, -0.2) is 9.97 Å². The summed E-state index contributed by atoms with van der Waals surface area (Å²) in [6, 6.07) is 4.06. The number of nitrogens with zero attached hydrogens (tertiary/aromatic N) is 2. The Morgan fingerprint density at radius 2 is 2.19 bits per heavy atom. The third-order valence-corrected chi connectivity index (χ3v) is 4.02. The van der Waals surface area contributed by atoms with E-state index in [0.717, 1.165) is 24.4 Å². The molecule has 0 spiro atoms. The highest BCUT2D eigenvalue weighted by molar-refractivity contribution is 7.13. The molecule has 0 amide bonds. The molecule has 1 aliphatic rings. The first-order valence-electron chi connectivity index (χ1n) is 5.36. The van der Waals surface area contributed by atoms with Crippen LogP contribution in [0.2, 0.25) is 0 Å². The molecule has 0 unspecified atom stereocenters. The van der Waals surface area contributed by atoms with E-state index >= 15 is 0 Å². The van der Waals surface area contributed by atoms with Gasteiger partial charge in [-0.2, -0.15) is 0 Å². The predicted molar refractivity (Wildman–Crippen MR) is 65.2 cm³/mol. The Labute approximate surface area is 98.4 Å². The lowest BCUT2D eigenvalue weighted by atomic mass is 10.2. The number of thiophene rings is 1. The number of nitrogens with two attached hydrogens (primary N) is 1. The van der Waals surface area contributed by atoms with E-state index in [4.69, 9.17) is 5.73 Å². The second-order valence-corrected chi connectivity index (χ2v) is 5.27. The molecule has 0 bridgehead atoms. The van der Waals surface area contributed by atoms with E-state index in [1.165, 1.54) is 10.4 Å². The summed E-state index contributed by atoms with van der Waals surface area (Å²) in [5.74, 6) is 0.790. The van der Waals surface area contributed by atoms with Crippen LogP contribution in [-0.4, -0.2) is 9.97 Å². The van der Waals surface area contributed by atoms with Crippen molar-refractivity contribution in [3.8, 4) is 10.6 Å². The van der Waals surface area contributed by atoms with E-state index in [9.17, 15) is 0 Å². The maximum atomic E-state index is 6.11. The van der Waals surface area contributed by atoms with Crippen molar-refractivity contribution < 1.29 is 0 Å². The Morgan fingerprint density at radius 3 is 2.81 bits per heavy atom. The van der Waals surface area contributed by atoms with Gasteiger partial charge < -0.3 is 5.73 Å². The first-order valence-corrected chi connectivity index (χ1v) is 6.24. The van der Waals surface area contributed by atoms with Gasteiger partial charge in [0.25, 0.3) is 0 Å². The molecule has 3 nitrogen and oxygen atoms in total. The van der Waals surface area contributed by atoms with Crippen molar-refractivity contribution in [1.82, 2.24) is 9.97 Å². The SMILES string of the molecule is Cc1ccsc1-c1ccnc(C2(N)CC2)n1. The molecule has 0 radical (unpaired) electrons. The third-order valence-electron chi connectivity index (χ3n) is 2.98. The topological polar surface area (TPSA) is 51.8 Å². The quantitative estimate of drug-likeness (QED) is 0.863. The second kappa shape index (κ2) is 3.37. The van der Waals surface area contributed by atoms with Crippen LogP contribution in [0.25, 0.3) is 10.6 Å². The summed E-state index contributed by atoms with van der Waals surface area (Å²) in [5, 5.41) is 2.09. The molecule has 3 rings (SSSR count). The van der Waals surface area contributed by atoms with Crippen LogP contribution < -0.4 is 5.73 Å². The van der Waals surface area contributed by atoms with Gasteiger partial charge in [0.1, 0.15) is 5.82 Å². The van der Waals surface area contributed by atoms with Crippen molar-refractivity contribution in [3.63, 3.8) is 0 Å². The van der Waals surface area contributed by atoms with Crippen LogP contribution in [-0.2, 0) is 5.54 Å². The number of aryl methyl sites for hydroxylation is 1. The zero-order chi connectivity index (χ0) is 11.2. The summed E-state index contributed by atoms with van der Waals surface area (Å²) >= 11 is 1.71. The van der Waals surface area contributed by atoms with Crippen LogP contribution in [0.1, 0.15) is 24.2 Å². The smallest absolute Gasteiger partial charge is 0.148 e. The first kappa shape index (κ1) is 9.93. The lowest BCUT2D eigenvalue weighted by Gasteiger charge is -2.08. The molecule has 1 saturated carbocycles. The van der Waals surface area contributed by atoms with Gasteiger partial charge in [0.2, 0.25) is 0 Å². The fraction of sp³-hybridized carbons (Fsp3) is 0.333. The van der Waals surface area contributed by atoms with Crippen LogP contribution in [0.15, 0.2) is 23.7 Å². The van der Waals surface area contributed by atoms with Crippen LogP contribution in [0.5, 0.6) is 0 Å². The van der Waals surface area contributed by atoms with Crippen LogP contribution >= 0.6 is 11.3 Å². The monoisotopic (exact) mass is 231 g/mol. The number of rotatable bonds is 2. The molecular weight excluding hydrogens is 218 g/mol. The molecule has 0 aliphatic heterocycles. The molecule has 0 saturated heterocycles. The molecule has 1 aliphatic carbocycles. The summed E-state index contributed by atoms with van der Waals surface area (Å²) in [7, 11) is 0. The predicted octanol–water partition coefficient (Wildman–Crippen LogP) is 2.46. The van der Waals surface area contributed by atoms with E-state index in [1.807, 2.05) is 12.3 Å². The van der Waals surface area contributed by atoms with Crippen LogP contribution in [0, 0.1) is 6.92 Å². The van der Waals surface area contributed by atoms with Crippen molar-refractivity contribution in [1.29, 1.82) is 0 Å². The van der Waals surface area contributed by atoms with Crippen molar-refractivity contribution in [2.24, 2.45) is 5.73 Å². The molecule has 2 aromatic rings. The second-order valence-electron chi connectivity index (χ2n) is 4.35. The standard InChI is InChI=1S/C12H13N3S/c1-8-3-7-16-10(8)9-2-6-14-11(15-9)12(13)4-5-12/h2-3,6-7H,4-5,13H2,1H3. The van der Waals surface area contributed by atoms with Gasteiger partial charge in [-0.05, 0) is 42.8 Å². The Balaban J connectivity index is 2.06. The average molecular weight is 231 g/mol. The number of hydrogen-bond donors (Lipinski definition) is 1.